The number of nitrogens with two attached hydrogens (primary N) is 1. The van der Waals surface area contributed by atoms with Gasteiger partial charge in [0, 0.05) is 25.5 Å². The largest absolute Gasteiger partial charge is 0.326 e. The summed E-state index contributed by atoms with van der Waals surface area (Å²) in [6.45, 7) is 2.31. The third-order valence-corrected chi connectivity index (χ3v) is 4.58. The van der Waals surface area contributed by atoms with E-state index in [0.717, 1.165) is 11.1 Å². The second-order valence-corrected chi connectivity index (χ2v) is 6.17. The van der Waals surface area contributed by atoms with Gasteiger partial charge in [-0.25, -0.2) is 13.1 Å². The maximum absolute atomic E-state index is 12.3. The van der Waals surface area contributed by atoms with Gasteiger partial charge >= 0.3 is 0 Å². The van der Waals surface area contributed by atoms with E-state index in [1.807, 2.05) is 13.0 Å². The molecule has 0 fully saturated rings. The Balaban J connectivity index is 2.22. The highest BCUT2D eigenvalue weighted by molar-refractivity contribution is 7.89. The Labute approximate surface area is 118 Å². The van der Waals surface area contributed by atoms with Crippen LogP contribution in [0.25, 0.3) is 0 Å². The van der Waals surface area contributed by atoms with Gasteiger partial charge in [-0.15, -0.1) is 0 Å². The number of benzene rings is 1. The predicted octanol–water partition coefficient (Wildman–Crippen LogP) is 1.33. The quantitative estimate of drug-likeness (QED) is 0.870. The molecule has 0 aliphatic heterocycles. The van der Waals surface area contributed by atoms with Crippen LogP contribution in [0.5, 0.6) is 0 Å². The SMILES string of the molecule is Cc1ccncc1CNS(=O)(=O)c1ccccc1CN. The number of aryl methyl sites for hydroxylation is 1. The van der Waals surface area contributed by atoms with Crippen molar-refractivity contribution in [2.45, 2.75) is 24.9 Å². The molecule has 20 heavy (non-hydrogen) atoms. The molecule has 0 unspecified atom stereocenters. The first kappa shape index (κ1) is 14.6. The van der Waals surface area contributed by atoms with Crippen molar-refractivity contribution in [3.63, 3.8) is 0 Å². The summed E-state index contributed by atoms with van der Waals surface area (Å²) in [7, 11) is -3.58. The lowest BCUT2D eigenvalue weighted by Crippen LogP contribution is -2.25. The van der Waals surface area contributed by atoms with E-state index in [9.17, 15) is 8.42 Å². The fourth-order valence-electron chi connectivity index (χ4n) is 1.87. The number of hydrogen-bond acceptors (Lipinski definition) is 4. The highest BCUT2D eigenvalue weighted by Gasteiger charge is 2.17. The first-order chi connectivity index (χ1) is 9.54. The highest BCUT2D eigenvalue weighted by atomic mass is 32.2. The van der Waals surface area contributed by atoms with Crippen molar-refractivity contribution in [2.75, 3.05) is 0 Å². The molecule has 2 rings (SSSR count). The van der Waals surface area contributed by atoms with Crippen molar-refractivity contribution in [3.8, 4) is 0 Å². The Morgan fingerprint density at radius 1 is 1.20 bits per heavy atom. The van der Waals surface area contributed by atoms with Crippen LogP contribution in [0.3, 0.4) is 0 Å². The second-order valence-electron chi connectivity index (χ2n) is 4.44. The lowest BCUT2D eigenvalue weighted by Gasteiger charge is -2.11. The van der Waals surface area contributed by atoms with Gasteiger partial charge in [-0.1, -0.05) is 18.2 Å². The van der Waals surface area contributed by atoms with E-state index in [0.29, 0.717) is 5.56 Å². The van der Waals surface area contributed by atoms with E-state index in [2.05, 4.69) is 9.71 Å². The van der Waals surface area contributed by atoms with Gasteiger partial charge in [0.1, 0.15) is 0 Å². The van der Waals surface area contributed by atoms with Crippen molar-refractivity contribution in [2.24, 2.45) is 5.73 Å². The number of nitrogens with one attached hydrogen (secondary N) is 1. The molecule has 0 aliphatic rings. The van der Waals surface area contributed by atoms with E-state index in [1.165, 1.54) is 0 Å². The lowest BCUT2D eigenvalue weighted by molar-refractivity contribution is 0.580. The van der Waals surface area contributed by atoms with Crippen LogP contribution >= 0.6 is 0 Å². The molecule has 0 atom stereocenters. The minimum absolute atomic E-state index is 0.184. The number of pyridine rings is 1. The number of sulfonamides is 1. The summed E-state index contributed by atoms with van der Waals surface area (Å²) in [5.41, 5.74) is 8.02. The molecule has 6 heteroatoms. The van der Waals surface area contributed by atoms with E-state index in [-0.39, 0.29) is 18.0 Å². The Hall–Kier alpha value is -1.76. The van der Waals surface area contributed by atoms with Gasteiger partial charge in [-0.3, -0.25) is 4.98 Å². The van der Waals surface area contributed by atoms with E-state index >= 15 is 0 Å². The third-order valence-electron chi connectivity index (χ3n) is 3.08. The van der Waals surface area contributed by atoms with Crippen LogP contribution in [0.2, 0.25) is 0 Å². The van der Waals surface area contributed by atoms with E-state index < -0.39 is 10.0 Å². The Morgan fingerprint density at radius 3 is 2.65 bits per heavy atom. The topological polar surface area (TPSA) is 85.1 Å². The zero-order chi connectivity index (χ0) is 14.6. The van der Waals surface area contributed by atoms with Gasteiger partial charge in [-0.05, 0) is 35.7 Å². The molecular formula is C14H17N3O2S. The molecule has 1 heterocycles. The summed E-state index contributed by atoms with van der Waals surface area (Å²) >= 11 is 0. The molecular weight excluding hydrogens is 274 g/mol. The van der Waals surface area contributed by atoms with Gasteiger partial charge in [0.2, 0.25) is 10.0 Å². The van der Waals surface area contributed by atoms with Crippen molar-refractivity contribution >= 4 is 10.0 Å². The van der Waals surface area contributed by atoms with Gasteiger partial charge < -0.3 is 5.73 Å². The maximum atomic E-state index is 12.3. The molecule has 106 valence electrons. The zero-order valence-electron chi connectivity index (χ0n) is 11.2. The molecule has 0 bridgehead atoms. The summed E-state index contributed by atoms with van der Waals surface area (Å²) in [4.78, 5) is 4.22. The lowest BCUT2D eigenvalue weighted by atomic mass is 10.2. The zero-order valence-corrected chi connectivity index (χ0v) is 12.0. The molecule has 0 amide bonds. The molecule has 0 spiro atoms. The molecule has 0 saturated heterocycles. The summed E-state index contributed by atoms with van der Waals surface area (Å²) in [5.74, 6) is 0. The van der Waals surface area contributed by atoms with Crippen LogP contribution in [-0.4, -0.2) is 13.4 Å². The highest BCUT2D eigenvalue weighted by Crippen LogP contribution is 2.15. The number of rotatable bonds is 5. The third kappa shape index (κ3) is 3.22. The Bertz CT molecular complexity index is 699. The molecule has 1 aromatic carbocycles. The standard InChI is InChI=1S/C14H17N3O2S/c1-11-6-7-16-9-13(11)10-17-20(18,19)14-5-3-2-4-12(14)8-15/h2-7,9,17H,8,10,15H2,1H3. The van der Waals surface area contributed by atoms with Crippen LogP contribution in [0.4, 0.5) is 0 Å². The Morgan fingerprint density at radius 2 is 1.95 bits per heavy atom. The van der Waals surface area contributed by atoms with E-state index in [1.54, 1.807) is 36.7 Å². The predicted molar refractivity (Wildman–Crippen MR) is 77.3 cm³/mol. The fourth-order valence-corrected chi connectivity index (χ4v) is 3.12. The van der Waals surface area contributed by atoms with Gasteiger partial charge in [0.25, 0.3) is 0 Å². The van der Waals surface area contributed by atoms with Crippen LogP contribution in [0.1, 0.15) is 16.7 Å². The molecule has 0 radical (unpaired) electrons. The number of nitrogens with zero attached hydrogens (tertiary/aromatic N) is 1. The van der Waals surface area contributed by atoms with Crippen molar-refractivity contribution in [1.29, 1.82) is 0 Å². The number of hydrogen-bond donors (Lipinski definition) is 2. The van der Waals surface area contributed by atoms with Crippen LogP contribution < -0.4 is 10.5 Å². The summed E-state index contributed by atoms with van der Waals surface area (Å²) in [6.07, 6.45) is 3.34. The average Bonchev–Trinajstić information content (AvgIpc) is 2.46. The molecule has 1 aromatic heterocycles. The smallest absolute Gasteiger partial charge is 0.241 e. The Kier molecular flexibility index (Phi) is 4.49. The monoisotopic (exact) mass is 291 g/mol. The van der Waals surface area contributed by atoms with Crippen LogP contribution in [0, 0.1) is 6.92 Å². The average molecular weight is 291 g/mol. The van der Waals surface area contributed by atoms with Gasteiger partial charge in [-0.2, -0.15) is 0 Å². The molecule has 0 saturated carbocycles. The minimum Gasteiger partial charge on any atom is -0.326 e. The second kappa shape index (κ2) is 6.13. The summed E-state index contributed by atoms with van der Waals surface area (Å²) < 4.78 is 27.2. The summed E-state index contributed by atoms with van der Waals surface area (Å²) in [6, 6.07) is 8.57. The minimum atomic E-state index is -3.58. The summed E-state index contributed by atoms with van der Waals surface area (Å²) in [5, 5.41) is 0. The molecule has 0 aliphatic carbocycles. The first-order valence-corrected chi connectivity index (χ1v) is 7.70. The molecule has 3 N–H and O–H groups in total. The van der Waals surface area contributed by atoms with Crippen molar-refractivity contribution in [3.05, 3.63) is 59.4 Å². The normalized spacial score (nSPS) is 11.5. The molecule has 5 nitrogen and oxygen atoms in total. The van der Waals surface area contributed by atoms with Gasteiger partial charge in [0.05, 0.1) is 4.90 Å². The van der Waals surface area contributed by atoms with E-state index in [4.69, 9.17) is 5.73 Å². The number of aromatic nitrogens is 1. The van der Waals surface area contributed by atoms with Crippen molar-refractivity contribution < 1.29 is 8.42 Å². The maximum Gasteiger partial charge on any atom is 0.241 e. The van der Waals surface area contributed by atoms with Crippen molar-refractivity contribution in [1.82, 2.24) is 9.71 Å². The van der Waals surface area contributed by atoms with Crippen LogP contribution in [0.15, 0.2) is 47.6 Å². The fraction of sp³-hybridized carbons (Fsp3) is 0.214. The van der Waals surface area contributed by atoms with Gasteiger partial charge in [0.15, 0.2) is 0 Å². The van der Waals surface area contributed by atoms with Crippen LogP contribution in [-0.2, 0) is 23.1 Å². The molecule has 2 aromatic rings. The first-order valence-electron chi connectivity index (χ1n) is 6.21.